The Hall–Kier alpha value is -1.16. The fourth-order valence-electron chi connectivity index (χ4n) is 1.19. The van der Waals surface area contributed by atoms with Gasteiger partial charge in [0.2, 0.25) is 0 Å². The van der Waals surface area contributed by atoms with E-state index in [9.17, 15) is 0 Å². The van der Waals surface area contributed by atoms with Crippen LogP contribution in [0.4, 0.5) is 0 Å². The number of hydrogen-bond acceptors (Lipinski definition) is 4. The Morgan fingerprint density at radius 1 is 1.29 bits per heavy atom. The quantitative estimate of drug-likeness (QED) is 0.732. The Morgan fingerprint density at radius 3 is 2.36 bits per heavy atom. The summed E-state index contributed by atoms with van der Waals surface area (Å²) in [5, 5.41) is 0. The molecule has 4 nitrogen and oxygen atoms in total. The van der Waals surface area contributed by atoms with Gasteiger partial charge in [0, 0.05) is 18.5 Å². The van der Waals surface area contributed by atoms with E-state index in [0.29, 0.717) is 12.6 Å². The van der Waals surface area contributed by atoms with E-state index in [1.165, 1.54) is 0 Å². The van der Waals surface area contributed by atoms with E-state index in [2.05, 4.69) is 9.97 Å². The summed E-state index contributed by atoms with van der Waals surface area (Å²) in [6.45, 7) is 6.30. The van der Waals surface area contributed by atoms with Gasteiger partial charge in [0.05, 0.1) is 6.61 Å². The lowest BCUT2D eigenvalue weighted by molar-refractivity contribution is 0.0853. The zero-order chi connectivity index (χ0) is 10.6. The highest BCUT2D eigenvalue weighted by atomic mass is 16.5. The first-order valence-corrected chi connectivity index (χ1v) is 4.59. The Bertz CT molecular complexity index is 282. The van der Waals surface area contributed by atoms with Gasteiger partial charge in [0.1, 0.15) is 6.10 Å². The van der Waals surface area contributed by atoms with Crippen molar-refractivity contribution in [3.05, 3.63) is 17.5 Å². The van der Waals surface area contributed by atoms with Crippen molar-refractivity contribution in [2.24, 2.45) is 0 Å². The molecule has 14 heavy (non-hydrogen) atoms. The molecule has 1 aromatic rings. The van der Waals surface area contributed by atoms with Crippen molar-refractivity contribution in [1.82, 2.24) is 9.97 Å². The van der Waals surface area contributed by atoms with Crippen LogP contribution in [0.15, 0.2) is 6.07 Å². The molecule has 1 aromatic heterocycles. The molecule has 1 rings (SSSR count). The van der Waals surface area contributed by atoms with Crippen molar-refractivity contribution >= 4 is 0 Å². The van der Waals surface area contributed by atoms with Crippen LogP contribution in [0.25, 0.3) is 0 Å². The Morgan fingerprint density at radius 2 is 1.86 bits per heavy atom. The molecule has 0 spiro atoms. The molecule has 4 heteroatoms. The van der Waals surface area contributed by atoms with Crippen LogP contribution in [0.3, 0.4) is 0 Å². The molecule has 78 valence electrons. The van der Waals surface area contributed by atoms with Crippen molar-refractivity contribution in [3.8, 4) is 6.01 Å². The van der Waals surface area contributed by atoms with E-state index in [1.54, 1.807) is 7.11 Å². The van der Waals surface area contributed by atoms with Gasteiger partial charge in [-0.05, 0) is 26.8 Å². The van der Waals surface area contributed by atoms with Crippen LogP contribution >= 0.6 is 0 Å². The minimum Gasteiger partial charge on any atom is -0.458 e. The molecule has 0 aliphatic rings. The maximum absolute atomic E-state index is 5.47. The number of aromatic nitrogens is 2. The lowest BCUT2D eigenvalue weighted by Gasteiger charge is -2.12. The molecule has 0 aromatic carbocycles. The highest BCUT2D eigenvalue weighted by Crippen LogP contribution is 2.07. The van der Waals surface area contributed by atoms with Gasteiger partial charge in [-0.3, -0.25) is 0 Å². The minimum absolute atomic E-state index is 0.0267. The first kappa shape index (κ1) is 10.9. The zero-order valence-corrected chi connectivity index (χ0v) is 9.07. The smallest absolute Gasteiger partial charge is 0.317 e. The van der Waals surface area contributed by atoms with E-state index in [-0.39, 0.29) is 6.10 Å². The maximum Gasteiger partial charge on any atom is 0.317 e. The highest BCUT2D eigenvalue weighted by molar-refractivity contribution is 5.11. The van der Waals surface area contributed by atoms with Crippen LogP contribution in [-0.2, 0) is 4.74 Å². The average Bonchev–Trinajstić information content (AvgIpc) is 2.01. The average molecular weight is 196 g/mol. The number of nitrogens with zero attached hydrogens (tertiary/aromatic N) is 2. The summed E-state index contributed by atoms with van der Waals surface area (Å²) >= 11 is 0. The summed E-state index contributed by atoms with van der Waals surface area (Å²) in [6, 6.07) is 2.33. The standard InChI is InChI=1S/C10H16N2O2/c1-7-5-8(2)12-10(11-7)14-9(3)6-13-4/h5,9H,6H2,1-4H3/t9-/m1/s1. The van der Waals surface area contributed by atoms with Crippen LogP contribution in [0.1, 0.15) is 18.3 Å². The zero-order valence-electron chi connectivity index (χ0n) is 9.07. The Labute approximate surface area is 84.3 Å². The van der Waals surface area contributed by atoms with Gasteiger partial charge in [-0.2, -0.15) is 0 Å². The van der Waals surface area contributed by atoms with E-state index in [0.717, 1.165) is 11.4 Å². The molecular formula is C10H16N2O2. The summed E-state index contributed by atoms with van der Waals surface area (Å²) in [4.78, 5) is 8.33. The number of methoxy groups -OCH3 is 1. The molecule has 0 bridgehead atoms. The first-order valence-electron chi connectivity index (χ1n) is 4.59. The van der Waals surface area contributed by atoms with Gasteiger partial charge >= 0.3 is 6.01 Å². The van der Waals surface area contributed by atoms with Crippen LogP contribution < -0.4 is 4.74 Å². The third-order valence-electron chi connectivity index (χ3n) is 1.67. The summed E-state index contributed by atoms with van der Waals surface area (Å²) < 4.78 is 10.4. The fraction of sp³-hybridized carbons (Fsp3) is 0.600. The van der Waals surface area contributed by atoms with Gasteiger partial charge in [-0.15, -0.1) is 0 Å². The van der Waals surface area contributed by atoms with Gasteiger partial charge in [-0.1, -0.05) is 0 Å². The van der Waals surface area contributed by atoms with Gasteiger partial charge in [0.15, 0.2) is 0 Å². The van der Waals surface area contributed by atoms with Crippen molar-refractivity contribution in [3.63, 3.8) is 0 Å². The summed E-state index contributed by atoms with van der Waals surface area (Å²) in [7, 11) is 1.64. The lowest BCUT2D eigenvalue weighted by atomic mass is 10.4. The topological polar surface area (TPSA) is 44.2 Å². The molecule has 1 atom stereocenters. The van der Waals surface area contributed by atoms with Crippen molar-refractivity contribution in [2.75, 3.05) is 13.7 Å². The van der Waals surface area contributed by atoms with Crippen LogP contribution in [0.5, 0.6) is 6.01 Å². The second-order valence-electron chi connectivity index (χ2n) is 3.32. The second kappa shape index (κ2) is 4.91. The largest absolute Gasteiger partial charge is 0.458 e. The number of aryl methyl sites for hydroxylation is 2. The van der Waals surface area contributed by atoms with E-state index in [1.807, 2.05) is 26.8 Å². The van der Waals surface area contributed by atoms with Crippen molar-refractivity contribution in [2.45, 2.75) is 26.9 Å². The number of rotatable bonds is 4. The lowest BCUT2D eigenvalue weighted by Crippen LogP contribution is -2.19. The molecular weight excluding hydrogens is 180 g/mol. The SMILES string of the molecule is COC[C@@H](C)Oc1nc(C)cc(C)n1. The first-order chi connectivity index (χ1) is 6.61. The predicted octanol–water partition coefficient (Wildman–Crippen LogP) is 1.51. The molecule has 0 amide bonds. The summed E-state index contributed by atoms with van der Waals surface area (Å²) in [5.41, 5.74) is 1.83. The molecule has 1 heterocycles. The monoisotopic (exact) mass is 196 g/mol. The normalized spacial score (nSPS) is 12.6. The molecule has 0 fully saturated rings. The molecule has 0 saturated carbocycles. The third-order valence-corrected chi connectivity index (χ3v) is 1.67. The molecule has 0 N–H and O–H groups in total. The van der Waals surface area contributed by atoms with Gasteiger partial charge in [-0.25, -0.2) is 9.97 Å². The summed E-state index contributed by atoms with van der Waals surface area (Å²) in [5.74, 6) is 0. The van der Waals surface area contributed by atoms with E-state index >= 15 is 0 Å². The summed E-state index contributed by atoms with van der Waals surface area (Å²) in [6.07, 6.45) is -0.0267. The highest BCUT2D eigenvalue weighted by Gasteiger charge is 2.06. The molecule has 0 aliphatic heterocycles. The van der Waals surface area contributed by atoms with Crippen LogP contribution in [0, 0.1) is 13.8 Å². The molecule has 0 aliphatic carbocycles. The Balaban J connectivity index is 2.66. The predicted molar refractivity (Wildman–Crippen MR) is 53.5 cm³/mol. The third kappa shape index (κ3) is 3.30. The van der Waals surface area contributed by atoms with Crippen LogP contribution in [-0.4, -0.2) is 29.8 Å². The van der Waals surface area contributed by atoms with E-state index < -0.39 is 0 Å². The van der Waals surface area contributed by atoms with Crippen molar-refractivity contribution in [1.29, 1.82) is 0 Å². The number of ether oxygens (including phenoxy) is 2. The van der Waals surface area contributed by atoms with Gasteiger partial charge < -0.3 is 9.47 Å². The molecule has 0 saturated heterocycles. The number of hydrogen-bond donors (Lipinski definition) is 0. The second-order valence-corrected chi connectivity index (χ2v) is 3.32. The van der Waals surface area contributed by atoms with Crippen LogP contribution in [0.2, 0.25) is 0 Å². The Kier molecular flexibility index (Phi) is 3.83. The molecule has 0 unspecified atom stereocenters. The molecule has 0 radical (unpaired) electrons. The van der Waals surface area contributed by atoms with Crippen molar-refractivity contribution < 1.29 is 9.47 Å². The minimum atomic E-state index is -0.0267. The fourth-order valence-corrected chi connectivity index (χ4v) is 1.19. The maximum atomic E-state index is 5.47. The van der Waals surface area contributed by atoms with E-state index in [4.69, 9.17) is 9.47 Å². The van der Waals surface area contributed by atoms with Gasteiger partial charge in [0.25, 0.3) is 0 Å².